The first kappa shape index (κ1) is 29.8. The molecule has 0 radical (unpaired) electrons. The van der Waals surface area contributed by atoms with Crippen LogP contribution in [-0.4, -0.2) is 82.3 Å². The van der Waals surface area contributed by atoms with Gasteiger partial charge in [0.25, 0.3) is 11.8 Å². The highest BCUT2D eigenvalue weighted by atomic mass is 32.2. The van der Waals surface area contributed by atoms with E-state index in [1.165, 1.54) is 43.4 Å². The summed E-state index contributed by atoms with van der Waals surface area (Å²) in [5.41, 5.74) is 15.1. The maximum absolute atomic E-state index is 13.1. The van der Waals surface area contributed by atoms with Crippen LogP contribution in [0.25, 0.3) is 0 Å². The number of β-lactam (4-membered cyclic amide) rings is 1. The molecule has 0 aliphatic carbocycles. The lowest BCUT2D eigenvalue weighted by Gasteiger charge is -2.50. The molecule has 17 nitrogen and oxygen atoms in total. The molecule has 41 heavy (non-hydrogen) atoms. The second-order valence-corrected chi connectivity index (χ2v) is 12.0. The van der Waals surface area contributed by atoms with E-state index in [4.69, 9.17) is 22.0 Å². The molecule has 2 amide bonds. The van der Waals surface area contributed by atoms with Gasteiger partial charge in [-0.05, 0) is 31.2 Å². The second kappa shape index (κ2) is 11.4. The Bertz CT molecular complexity index is 1510. The number of oxime groups is 1. The maximum Gasteiger partial charge on any atom is 0.350 e. The van der Waals surface area contributed by atoms with Crippen LogP contribution < -0.4 is 32.2 Å². The summed E-state index contributed by atoms with van der Waals surface area (Å²) >= 11 is 3.17. The normalized spacial score (nSPS) is 19.0. The molecule has 0 aromatic carbocycles. The molecule has 2 aliphatic heterocycles. The Kier molecular flexibility index (Phi) is 8.27. The molecule has 2 aliphatic rings. The fourth-order valence-corrected chi connectivity index (χ4v) is 6.48. The zero-order valence-electron chi connectivity index (χ0n) is 21.7. The molecular weight excluding hydrogens is 600 g/mol. The fraction of sp³-hybridized carbons (Fsp3) is 0.381. The number of hydrogen-bond donors (Lipinski definition) is 5. The molecule has 1 saturated heterocycles. The summed E-state index contributed by atoms with van der Waals surface area (Å²) in [6.07, 6.45) is 0. The number of rotatable bonds is 10. The summed E-state index contributed by atoms with van der Waals surface area (Å²) < 4.78 is 5.50. The van der Waals surface area contributed by atoms with Crippen LogP contribution in [0.2, 0.25) is 0 Å². The Morgan fingerprint density at radius 2 is 2.05 bits per heavy atom. The zero-order chi connectivity index (χ0) is 30.2. The van der Waals surface area contributed by atoms with Gasteiger partial charge in [-0.1, -0.05) is 10.1 Å². The Morgan fingerprint density at radius 1 is 1.34 bits per heavy atom. The average Bonchev–Trinajstić information content (AvgIpc) is 3.33. The lowest BCUT2D eigenvalue weighted by molar-refractivity contribution is -0.698. The molecule has 4 rings (SSSR count). The number of anilines is 3. The summed E-state index contributed by atoms with van der Waals surface area (Å²) in [5, 5.41) is 27.2. The van der Waals surface area contributed by atoms with E-state index in [9.17, 15) is 29.4 Å². The molecular formula is C21H24N10O7S3. The third kappa shape index (κ3) is 5.98. The Hall–Kier alpha value is -4.17. The van der Waals surface area contributed by atoms with Crippen LogP contribution in [0.1, 0.15) is 19.7 Å². The molecule has 20 heteroatoms. The lowest BCUT2D eigenvalue weighted by Crippen LogP contribution is -2.71. The first-order valence-electron chi connectivity index (χ1n) is 11.5. The minimum Gasteiger partial charge on any atom is -0.543 e. The maximum atomic E-state index is 13.1. The minimum atomic E-state index is -1.80. The van der Waals surface area contributed by atoms with Crippen molar-refractivity contribution in [3.63, 3.8) is 0 Å². The lowest BCUT2D eigenvalue weighted by atomic mass is 10.0. The van der Waals surface area contributed by atoms with E-state index in [1.807, 2.05) is 0 Å². The van der Waals surface area contributed by atoms with Crippen LogP contribution in [-0.2, 0) is 31.1 Å². The number of nitrogens with one attached hydrogen (secondary N) is 1. The molecule has 0 spiro atoms. The van der Waals surface area contributed by atoms with Crippen LogP contribution >= 0.6 is 35.1 Å². The number of carboxylic acids is 2. The monoisotopic (exact) mass is 624 g/mol. The first-order chi connectivity index (χ1) is 19.2. The van der Waals surface area contributed by atoms with E-state index < -0.39 is 46.5 Å². The summed E-state index contributed by atoms with van der Waals surface area (Å²) in [7, 11) is 1.68. The Morgan fingerprint density at radius 3 is 2.66 bits per heavy atom. The van der Waals surface area contributed by atoms with Gasteiger partial charge in [0.05, 0.1) is 24.8 Å². The van der Waals surface area contributed by atoms with E-state index in [1.54, 1.807) is 11.6 Å². The van der Waals surface area contributed by atoms with Gasteiger partial charge in [-0.2, -0.15) is 9.36 Å². The first-order valence-corrected chi connectivity index (χ1v) is 14.3. The number of nitrogens with two attached hydrogens (primary N) is 3. The van der Waals surface area contributed by atoms with Gasteiger partial charge in [-0.15, -0.1) is 11.8 Å². The van der Waals surface area contributed by atoms with Crippen molar-refractivity contribution in [3.05, 3.63) is 23.2 Å². The number of aromatic nitrogens is 4. The summed E-state index contributed by atoms with van der Waals surface area (Å²) in [6, 6.07) is 0.344. The molecule has 8 N–H and O–H groups in total. The zero-order valence-corrected chi connectivity index (χ0v) is 24.1. The number of hydrogen-bond acceptors (Lipinski definition) is 16. The molecule has 0 bridgehead atoms. The minimum absolute atomic E-state index is 0.00512. The molecule has 4 heterocycles. The van der Waals surface area contributed by atoms with Crippen molar-refractivity contribution in [2.75, 3.05) is 28.7 Å². The van der Waals surface area contributed by atoms with Gasteiger partial charge < -0.3 is 42.4 Å². The van der Waals surface area contributed by atoms with E-state index in [-0.39, 0.29) is 34.0 Å². The van der Waals surface area contributed by atoms with Crippen LogP contribution in [0.15, 0.2) is 27.6 Å². The predicted octanol–water partition coefficient (Wildman–Crippen LogP) is -2.72. The Labute approximate surface area is 244 Å². The molecule has 2 atom stereocenters. The quantitative estimate of drug-likeness (QED) is 0.0449. The van der Waals surface area contributed by atoms with Crippen molar-refractivity contribution in [2.45, 2.75) is 36.0 Å². The van der Waals surface area contributed by atoms with Gasteiger partial charge in [0, 0.05) is 23.0 Å². The molecule has 1 fully saturated rings. The topological polar surface area (TPSA) is 269 Å². The van der Waals surface area contributed by atoms with Gasteiger partial charge in [0.1, 0.15) is 11.4 Å². The second-order valence-electron chi connectivity index (χ2n) is 9.14. The van der Waals surface area contributed by atoms with Crippen molar-refractivity contribution in [1.29, 1.82) is 0 Å². The fourth-order valence-electron chi connectivity index (χ4n) is 3.56. The number of carbonyl (C=O) groups excluding carboxylic acids is 3. The van der Waals surface area contributed by atoms with Crippen molar-refractivity contribution in [2.24, 2.45) is 12.2 Å². The molecule has 2 unspecified atom stereocenters. The van der Waals surface area contributed by atoms with Gasteiger partial charge in [-0.25, -0.2) is 9.36 Å². The predicted molar refractivity (Wildman–Crippen MR) is 146 cm³/mol. The molecule has 218 valence electrons. The average molecular weight is 625 g/mol. The third-order valence-electron chi connectivity index (χ3n) is 5.85. The number of nitrogens with zero attached hydrogens (tertiary/aromatic N) is 6. The van der Waals surface area contributed by atoms with Crippen LogP contribution in [0, 0.1) is 0 Å². The highest BCUT2D eigenvalue weighted by Crippen LogP contribution is 2.41. The highest BCUT2D eigenvalue weighted by molar-refractivity contribution is 8.01. The number of amides is 2. The number of thioether (sulfide) groups is 2. The summed E-state index contributed by atoms with van der Waals surface area (Å²) in [4.78, 5) is 63.9. The van der Waals surface area contributed by atoms with Gasteiger partial charge >= 0.3 is 11.1 Å². The van der Waals surface area contributed by atoms with E-state index in [2.05, 4.69) is 24.8 Å². The van der Waals surface area contributed by atoms with Crippen LogP contribution in [0.5, 0.6) is 0 Å². The molecule has 2 aromatic heterocycles. The van der Waals surface area contributed by atoms with Crippen LogP contribution in [0.4, 0.5) is 16.8 Å². The van der Waals surface area contributed by atoms with E-state index >= 15 is 0 Å². The van der Waals surface area contributed by atoms with Gasteiger partial charge in [0.15, 0.2) is 5.13 Å². The number of carbonyl (C=O) groups is 4. The van der Waals surface area contributed by atoms with Crippen molar-refractivity contribution < 1.29 is 38.8 Å². The van der Waals surface area contributed by atoms with Crippen molar-refractivity contribution >= 4 is 81.3 Å². The van der Waals surface area contributed by atoms with E-state index in [0.29, 0.717) is 16.5 Å². The SMILES string of the molecule is C[n+]1c(N)cc(N)nc1SCC1=C(C(=O)[O-])N2C(=O)C(NC(=O)/C(=N\OC(C)(C)C(=O)O)c3nsc(N)n3)C2SC1. The summed E-state index contributed by atoms with van der Waals surface area (Å²) in [5.74, 6) is -3.90. The van der Waals surface area contributed by atoms with Gasteiger partial charge in [-0.3, -0.25) is 14.5 Å². The van der Waals surface area contributed by atoms with Gasteiger partial charge in [0.2, 0.25) is 28.8 Å². The smallest absolute Gasteiger partial charge is 0.350 e. The summed E-state index contributed by atoms with van der Waals surface area (Å²) in [6.45, 7) is 2.43. The molecule has 2 aromatic rings. The number of nitrogen functional groups attached to an aromatic ring is 3. The van der Waals surface area contributed by atoms with Crippen molar-refractivity contribution in [1.82, 2.24) is 24.6 Å². The van der Waals surface area contributed by atoms with E-state index in [0.717, 1.165) is 16.4 Å². The third-order valence-corrected chi connectivity index (χ3v) is 8.84. The number of aliphatic carboxylic acids is 2. The number of fused-ring (bicyclic) bond motifs is 1. The van der Waals surface area contributed by atoms with Crippen LogP contribution in [0.3, 0.4) is 0 Å². The number of carboxylic acid groups (broad SMARTS) is 2. The Balaban J connectivity index is 1.53. The molecule has 0 saturated carbocycles. The largest absolute Gasteiger partial charge is 0.543 e. The van der Waals surface area contributed by atoms with Crippen molar-refractivity contribution in [3.8, 4) is 0 Å². The highest BCUT2D eigenvalue weighted by Gasteiger charge is 2.53. The standard InChI is InChI=1S/C21H24N10O7S3/c1-21(2,18(36)37)38-28-10(13-27-19(24)41-29-13)14(32)26-11-15(33)31-12(17(34)35)7(5-39-16(11)31)6-40-20-25-8(22)4-9(23)30(20)3/h4,11,16H,5-6H2,1-3H3,(H8,22,23,24,26,27,29,32,34,35,36,37)/b28-10-.